The van der Waals surface area contributed by atoms with E-state index in [1.165, 1.54) is 15.3 Å². The lowest BCUT2D eigenvalue weighted by atomic mass is 10.1. The Hall–Kier alpha value is -0.770. The molecule has 16 heavy (non-hydrogen) atoms. The average molecular weight is 249 g/mol. The summed E-state index contributed by atoms with van der Waals surface area (Å²) < 4.78 is 1.33. The average Bonchev–Trinajstić information content (AvgIpc) is 2.78. The molecule has 0 aliphatic carbocycles. The highest BCUT2D eigenvalue weighted by Crippen LogP contribution is 2.36. The van der Waals surface area contributed by atoms with Gasteiger partial charge in [-0.25, -0.2) is 0 Å². The molecule has 2 rings (SSSR count). The molecule has 1 heterocycles. The Morgan fingerprint density at radius 3 is 2.81 bits per heavy atom. The van der Waals surface area contributed by atoms with Crippen molar-refractivity contribution in [3.63, 3.8) is 0 Å². The molecule has 0 aliphatic heterocycles. The second-order valence-electron chi connectivity index (χ2n) is 3.69. The summed E-state index contributed by atoms with van der Waals surface area (Å²) >= 11 is 3.62. The number of hydrogen-bond donors (Lipinski definition) is 1. The van der Waals surface area contributed by atoms with E-state index in [0.29, 0.717) is 11.8 Å². The zero-order valence-electron chi connectivity index (χ0n) is 9.22. The highest BCUT2D eigenvalue weighted by atomic mass is 32.2. The maximum absolute atomic E-state index is 5.86. The summed E-state index contributed by atoms with van der Waals surface area (Å²) in [5.74, 6) is 0. The first kappa shape index (κ1) is 11.7. The van der Waals surface area contributed by atoms with Crippen LogP contribution in [0.25, 0.3) is 0 Å². The molecule has 1 aromatic carbocycles. The van der Waals surface area contributed by atoms with Crippen molar-refractivity contribution in [3.8, 4) is 0 Å². The van der Waals surface area contributed by atoms with Crippen LogP contribution in [0.5, 0.6) is 0 Å². The van der Waals surface area contributed by atoms with Crippen molar-refractivity contribution in [3.05, 3.63) is 52.9 Å². The van der Waals surface area contributed by atoms with E-state index >= 15 is 0 Å². The molecule has 0 bridgehead atoms. The number of thiophene rings is 1. The molecular weight excluding hydrogens is 234 g/mol. The fourth-order valence-corrected chi connectivity index (χ4v) is 3.60. The highest BCUT2D eigenvalue weighted by Gasteiger charge is 2.11. The van der Waals surface area contributed by atoms with Gasteiger partial charge in [0.1, 0.15) is 0 Å². The van der Waals surface area contributed by atoms with Crippen molar-refractivity contribution in [2.75, 3.05) is 6.54 Å². The largest absolute Gasteiger partial charge is 0.329 e. The van der Waals surface area contributed by atoms with Gasteiger partial charge in [0.15, 0.2) is 0 Å². The van der Waals surface area contributed by atoms with Crippen LogP contribution in [0.1, 0.15) is 16.4 Å². The van der Waals surface area contributed by atoms with E-state index in [-0.39, 0.29) is 0 Å². The molecule has 1 nitrogen and oxygen atoms in total. The normalized spacial score (nSPS) is 12.6. The van der Waals surface area contributed by atoms with Gasteiger partial charge in [0.2, 0.25) is 0 Å². The fraction of sp³-hybridized carbons (Fsp3) is 0.231. The van der Waals surface area contributed by atoms with Gasteiger partial charge >= 0.3 is 0 Å². The lowest BCUT2D eigenvalue weighted by molar-refractivity contribution is 0.940. The molecule has 0 saturated carbocycles. The minimum absolute atomic E-state index is 0.360. The van der Waals surface area contributed by atoms with Crippen LogP contribution in [0.4, 0.5) is 0 Å². The van der Waals surface area contributed by atoms with Crippen molar-refractivity contribution < 1.29 is 0 Å². The van der Waals surface area contributed by atoms with Crippen LogP contribution in [0.2, 0.25) is 0 Å². The molecule has 1 aromatic heterocycles. The zero-order valence-corrected chi connectivity index (χ0v) is 10.9. The number of thioether (sulfide) groups is 1. The van der Waals surface area contributed by atoms with Crippen LogP contribution in [0, 0.1) is 6.92 Å². The number of hydrogen-bond acceptors (Lipinski definition) is 3. The highest BCUT2D eigenvalue weighted by molar-refractivity contribution is 8.01. The predicted octanol–water partition coefficient (Wildman–Crippen LogP) is 3.85. The standard InChI is InChI=1S/C13H15NS2/c1-10-4-2-5-11(8-10)12(9-14)16-13-6-3-7-15-13/h2-8,12H,9,14H2,1H3. The Kier molecular flexibility index (Phi) is 4.04. The van der Waals surface area contributed by atoms with E-state index < -0.39 is 0 Å². The monoisotopic (exact) mass is 249 g/mol. The Labute approximate surface area is 105 Å². The van der Waals surface area contributed by atoms with E-state index in [1.54, 1.807) is 11.3 Å². The third-order valence-electron chi connectivity index (χ3n) is 2.38. The zero-order chi connectivity index (χ0) is 11.4. The van der Waals surface area contributed by atoms with Crippen molar-refractivity contribution >= 4 is 23.1 Å². The maximum Gasteiger partial charge on any atom is 0.0604 e. The second-order valence-corrected chi connectivity index (χ2v) is 6.14. The fourth-order valence-electron chi connectivity index (χ4n) is 1.59. The molecule has 2 N–H and O–H groups in total. The van der Waals surface area contributed by atoms with Gasteiger partial charge in [-0.05, 0) is 23.9 Å². The first-order valence-electron chi connectivity index (χ1n) is 5.26. The molecule has 0 radical (unpaired) electrons. The first-order valence-corrected chi connectivity index (χ1v) is 7.02. The number of aryl methyl sites for hydroxylation is 1. The van der Waals surface area contributed by atoms with E-state index in [9.17, 15) is 0 Å². The molecule has 84 valence electrons. The van der Waals surface area contributed by atoms with Crippen molar-refractivity contribution in [1.29, 1.82) is 0 Å². The number of rotatable bonds is 4. The van der Waals surface area contributed by atoms with Gasteiger partial charge in [-0.2, -0.15) is 0 Å². The smallest absolute Gasteiger partial charge is 0.0604 e. The second kappa shape index (κ2) is 5.53. The van der Waals surface area contributed by atoms with Crippen molar-refractivity contribution in [1.82, 2.24) is 0 Å². The van der Waals surface area contributed by atoms with Crippen LogP contribution in [0.15, 0.2) is 46.0 Å². The van der Waals surface area contributed by atoms with Crippen molar-refractivity contribution in [2.45, 2.75) is 16.4 Å². The van der Waals surface area contributed by atoms with Gasteiger partial charge < -0.3 is 5.73 Å². The lowest BCUT2D eigenvalue weighted by Gasteiger charge is -2.14. The van der Waals surface area contributed by atoms with Gasteiger partial charge in [0.05, 0.1) is 4.21 Å². The molecule has 0 aliphatic rings. The summed E-state index contributed by atoms with van der Waals surface area (Å²) in [5.41, 5.74) is 8.47. The SMILES string of the molecule is Cc1cccc(C(CN)Sc2cccs2)c1. The lowest BCUT2D eigenvalue weighted by Crippen LogP contribution is -2.09. The molecule has 2 aromatic rings. The van der Waals surface area contributed by atoms with Crippen molar-refractivity contribution in [2.24, 2.45) is 5.73 Å². The molecule has 1 unspecified atom stereocenters. The molecule has 0 amide bonds. The molecular formula is C13H15NS2. The van der Waals surface area contributed by atoms with Crippen LogP contribution >= 0.6 is 23.1 Å². The van der Waals surface area contributed by atoms with E-state index in [4.69, 9.17) is 5.73 Å². The van der Waals surface area contributed by atoms with Gasteiger partial charge in [-0.15, -0.1) is 23.1 Å². The van der Waals surface area contributed by atoms with Gasteiger partial charge in [0.25, 0.3) is 0 Å². The summed E-state index contributed by atoms with van der Waals surface area (Å²) in [6.45, 7) is 2.79. The first-order chi connectivity index (χ1) is 7.79. The molecule has 0 spiro atoms. The van der Waals surface area contributed by atoms with Gasteiger partial charge in [-0.1, -0.05) is 35.9 Å². The molecule has 3 heteroatoms. The minimum atomic E-state index is 0.360. The minimum Gasteiger partial charge on any atom is -0.329 e. The van der Waals surface area contributed by atoms with Crippen LogP contribution in [-0.4, -0.2) is 6.54 Å². The molecule has 0 saturated heterocycles. The Balaban J connectivity index is 2.16. The topological polar surface area (TPSA) is 26.0 Å². The number of benzene rings is 1. The summed E-state index contributed by atoms with van der Waals surface area (Å²) in [6.07, 6.45) is 0. The summed E-state index contributed by atoms with van der Waals surface area (Å²) in [6, 6.07) is 12.8. The van der Waals surface area contributed by atoms with Crippen LogP contribution < -0.4 is 5.73 Å². The van der Waals surface area contributed by atoms with E-state index in [2.05, 4.69) is 48.7 Å². The summed E-state index contributed by atoms with van der Waals surface area (Å²) in [5, 5.41) is 2.46. The quantitative estimate of drug-likeness (QED) is 0.833. The third-order valence-corrected chi connectivity index (χ3v) is 4.74. The third kappa shape index (κ3) is 2.88. The Bertz CT molecular complexity index is 437. The maximum atomic E-state index is 5.86. The Morgan fingerprint density at radius 1 is 1.31 bits per heavy atom. The summed E-state index contributed by atoms with van der Waals surface area (Å²) in [7, 11) is 0. The summed E-state index contributed by atoms with van der Waals surface area (Å²) in [4.78, 5) is 0. The number of nitrogens with two attached hydrogens (primary N) is 1. The predicted molar refractivity (Wildman–Crippen MR) is 73.2 cm³/mol. The van der Waals surface area contributed by atoms with Crippen LogP contribution in [-0.2, 0) is 0 Å². The van der Waals surface area contributed by atoms with E-state index in [1.807, 2.05) is 11.8 Å². The van der Waals surface area contributed by atoms with E-state index in [0.717, 1.165) is 0 Å². The molecule has 0 fully saturated rings. The van der Waals surface area contributed by atoms with Gasteiger partial charge in [-0.3, -0.25) is 0 Å². The molecule has 1 atom stereocenters. The Morgan fingerprint density at radius 2 is 2.19 bits per heavy atom. The van der Waals surface area contributed by atoms with Crippen LogP contribution in [0.3, 0.4) is 0 Å². The van der Waals surface area contributed by atoms with Gasteiger partial charge in [0, 0.05) is 11.8 Å².